The van der Waals surface area contributed by atoms with Crippen molar-refractivity contribution in [3.8, 4) is 5.75 Å². The van der Waals surface area contributed by atoms with Gasteiger partial charge in [-0.25, -0.2) is 0 Å². The maximum Gasteiger partial charge on any atom is 0.762 e. The summed E-state index contributed by atoms with van der Waals surface area (Å²) in [6.45, 7) is 0. The minimum Gasteiger partial charge on any atom is -1.00 e. The monoisotopic (exact) mass is 222 g/mol. The lowest BCUT2D eigenvalue weighted by Crippen LogP contribution is -3.00. The molecule has 1 aromatic carbocycles. The van der Waals surface area contributed by atoms with E-state index in [1.54, 1.807) is 31.4 Å². The van der Waals surface area contributed by atoms with Gasteiger partial charge in [0.15, 0.2) is 4.98 Å². The quantitative estimate of drug-likeness (QED) is 0.383. The van der Waals surface area contributed by atoms with E-state index < -0.39 is 7.54 Å². The molecule has 0 unspecified atom stereocenters. The number of hydrogen-bond acceptors (Lipinski definition) is 2. The number of diazo groups is 1. The zero-order valence-corrected chi connectivity index (χ0v) is 7.70. The summed E-state index contributed by atoms with van der Waals surface area (Å²) in [6.07, 6.45) is 0. The van der Waals surface area contributed by atoms with Crippen LogP contribution in [0.2, 0.25) is 0 Å². The lowest BCUT2D eigenvalue weighted by Gasteiger charge is -1.93. The second-order valence-electron chi connectivity index (χ2n) is 2.05. The molecule has 0 amide bonds. The summed E-state index contributed by atoms with van der Waals surface area (Å²) in [5.41, 5.74) is 0.529. The Morgan fingerprint density at radius 2 is 1.60 bits per heavy atom. The molecule has 8 heteroatoms. The molecule has 1 aromatic rings. The second kappa shape index (κ2) is 8.81. The van der Waals surface area contributed by atoms with Crippen LogP contribution < -0.4 is 9.44 Å². The highest BCUT2D eigenvalue weighted by Crippen LogP contribution is 2.16. The number of hydrogen-bond donors (Lipinski definition) is 0. The van der Waals surface area contributed by atoms with Crippen LogP contribution in [0.5, 0.6) is 5.75 Å². The topological polar surface area (TPSA) is 37.4 Å². The van der Waals surface area contributed by atoms with Crippen LogP contribution in [-0.4, -0.2) is 14.7 Å². The number of methoxy groups -OCH3 is 1. The summed E-state index contributed by atoms with van der Waals surface area (Å²) in [6, 6.07) is 6.79. The fraction of sp³-hybridized carbons (Fsp3) is 0.143. The molecule has 82 valence electrons. The largest absolute Gasteiger partial charge is 1.00 e. The van der Waals surface area contributed by atoms with Crippen molar-refractivity contribution in [2.24, 2.45) is 0 Å². The van der Waals surface area contributed by atoms with Gasteiger partial charge in [0.1, 0.15) is 5.75 Å². The van der Waals surface area contributed by atoms with E-state index in [0.717, 1.165) is 5.75 Å². The van der Waals surface area contributed by atoms with Gasteiger partial charge in [-0.2, -0.15) is 0 Å². The molecule has 0 aliphatic heterocycles. The SMILES string of the molecule is COc1ccc([N+]#N)cc1.FB(F)F.[F-]. The van der Waals surface area contributed by atoms with Crippen LogP contribution in [0.25, 0.3) is 4.98 Å². The van der Waals surface area contributed by atoms with Gasteiger partial charge in [-0.3, -0.25) is 12.9 Å². The minimum absolute atomic E-state index is 0. The summed E-state index contributed by atoms with van der Waals surface area (Å²) < 4.78 is 33.9. The first-order valence-electron chi connectivity index (χ1n) is 3.51. The van der Waals surface area contributed by atoms with E-state index >= 15 is 0 Å². The first kappa shape index (κ1) is 15.7. The fourth-order valence-corrected chi connectivity index (χ4v) is 0.649. The maximum atomic E-state index is 9.67. The van der Waals surface area contributed by atoms with Crippen molar-refractivity contribution < 1.29 is 22.4 Å². The van der Waals surface area contributed by atoms with Crippen LogP contribution in [0.4, 0.5) is 18.6 Å². The molecule has 0 atom stereocenters. The van der Waals surface area contributed by atoms with Crippen LogP contribution in [0, 0.1) is 5.39 Å². The molecule has 3 nitrogen and oxygen atoms in total. The zero-order chi connectivity index (χ0) is 11.0. The summed E-state index contributed by atoms with van der Waals surface area (Å²) in [5.74, 6) is 0.757. The Morgan fingerprint density at radius 1 is 1.20 bits per heavy atom. The van der Waals surface area contributed by atoms with Crippen LogP contribution in [0.3, 0.4) is 0 Å². The van der Waals surface area contributed by atoms with Crippen LogP contribution in [0.1, 0.15) is 0 Å². The molecule has 0 saturated carbocycles. The molecular formula is C7H7BF4N2O. The summed E-state index contributed by atoms with van der Waals surface area (Å²) in [7, 11) is -2.08. The van der Waals surface area contributed by atoms with Gasteiger partial charge in [-0.1, -0.05) is 0 Å². The molecule has 0 fully saturated rings. The molecule has 0 saturated heterocycles. The third-order valence-corrected chi connectivity index (χ3v) is 1.19. The highest BCUT2D eigenvalue weighted by atomic mass is 19.4. The summed E-state index contributed by atoms with van der Waals surface area (Å²) in [4.78, 5) is 2.99. The van der Waals surface area contributed by atoms with Crippen LogP contribution in [0.15, 0.2) is 24.3 Å². The Bertz CT molecular complexity index is 298. The standard InChI is InChI=1S/C7H7N2O.BF3.FH/c1-10-7-4-2-6(9-8)3-5-7;2-1(3)4;/h2-5H,1H3;;1H/q+1;;/p-1. The van der Waals surface area contributed by atoms with E-state index in [1.807, 2.05) is 0 Å². The molecule has 0 aromatic heterocycles. The average molecular weight is 222 g/mol. The summed E-state index contributed by atoms with van der Waals surface area (Å²) in [5, 5.41) is 8.29. The number of nitrogens with zero attached hydrogens (tertiary/aromatic N) is 2. The average Bonchev–Trinajstić information content (AvgIpc) is 2.17. The predicted octanol–water partition coefficient (Wildman–Crippen LogP) is 0.0636. The van der Waals surface area contributed by atoms with Crippen molar-refractivity contribution in [1.82, 2.24) is 0 Å². The van der Waals surface area contributed by atoms with E-state index in [2.05, 4.69) is 4.98 Å². The van der Waals surface area contributed by atoms with Gasteiger partial charge in [-0.15, -0.1) is 0 Å². The lowest BCUT2D eigenvalue weighted by atomic mass is 10.3. The van der Waals surface area contributed by atoms with Gasteiger partial charge >= 0.3 is 13.2 Å². The van der Waals surface area contributed by atoms with Gasteiger partial charge in [-0.05, 0) is 12.1 Å². The van der Waals surface area contributed by atoms with E-state index in [1.165, 1.54) is 0 Å². The second-order valence-corrected chi connectivity index (χ2v) is 2.05. The molecule has 0 spiro atoms. The predicted molar refractivity (Wildman–Crippen MR) is 46.8 cm³/mol. The number of halogens is 4. The Balaban J connectivity index is 0. The zero-order valence-electron chi connectivity index (χ0n) is 7.70. The third-order valence-electron chi connectivity index (χ3n) is 1.19. The first-order chi connectivity index (χ1) is 6.60. The van der Waals surface area contributed by atoms with Crippen molar-refractivity contribution in [2.75, 3.05) is 7.11 Å². The van der Waals surface area contributed by atoms with Gasteiger partial charge in [0.2, 0.25) is 5.39 Å². The molecular weight excluding hydrogens is 215 g/mol. The molecule has 0 aliphatic rings. The normalized spacial score (nSPS) is 7.40. The van der Waals surface area contributed by atoms with E-state index in [4.69, 9.17) is 10.1 Å². The van der Waals surface area contributed by atoms with Crippen molar-refractivity contribution in [1.29, 1.82) is 5.39 Å². The minimum atomic E-state index is -3.67. The Labute approximate surface area is 84.1 Å². The Hall–Kier alpha value is -1.78. The first-order valence-corrected chi connectivity index (χ1v) is 3.51. The molecule has 0 heterocycles. The number of rotatable bonds is 1. The maximum absolute atomic E-state index is 9.67. The van der Waals surface area contributed by atoms with E-state index in [9.17, 15) is 12.9 Å². The smallest absolute Gasteiger partial charge is 0.762 e. The molecule has 1 rings (SSSR count). The number of benzene rings is 1. The van der Waals surface area contributed by atoms with Crippen molar-refractivity contribution in [3.05, 3.63) is 29.2 Å². The highest BCUT2D eigenvalue weighted by molar-refractivity contribution is 6.33. The molecule has 0 aliphatic carbocycles. The van der Waals surface area contributed by atoms with Crippen LogP contribution in [-0.2, 0) is 0 Å². The van der Waals surface area contributed by atoms with Crippen LogP contribution >= 0.6 is 0 Å². The van der Waals surface area contributed by atoms with Gasteiger partial charge in [0.25, 0.3) is 0 Å². The van der Waals surface area contributed by atoms with Crippen molar-refractivity contribution in [2.45, 2.75) is 0 Å². The summed E-state index contributed by atoms with van der Waals surface area (Å²) >= 11 is 0. The molecule has 15 heavy (non-hydrogen) atoms. The van der Waals surface area contributed by atoms with Gasteiger partial charge in [0, 0.05) is 12.1 Å². The Kier molecular flexibility index (Phi) is 9.21. The highest BCUT2D eigenvalue weighted by Gasteiger charge is 2.06. The number of ether oxygens (including phenoxy) is 1. The van der Waals surface area contributed by atoms with Crippen molar-refractivity contribution in [3.63, 3.8) is 0 Å². The van der Waals surface area contributed by atoms with Gasteiger partial charge in [0.05, 0.1) is 7.11 Å². The van der Waals surface area contributed by atoms with E-state index in [-0.39, 0.29) is 4.70 Å². The lowest BCUT2D eigenvalue weighted by molar-refractivity contribution is -0.00000623. The molecule has 0 N–H and O–H groups in total. The Morgan fingerprint density at radius 3 is 1.87 bits per heavy atom. The third kappa shape index (κ3) is 8.55. The molecule has 0 bridgehead atoms. The van der Waals surface area contributed by atoms with Gasteiger partial charge < -0.3 is 9.44 Å². The van der Waals surface area contributed by atoms with E-state index in [0.29, 0.717) is 5.69 Å². The fourth-order valence-electron chi connectivity index (χ4n) is 0.649. The molecule has 0 radical (unpaired) electrons. The van der Waals surface area contributed by atoms with Crippen molar-refractivity contribution >= 4 is 13.2 Å².